The fourth-order valence-electron chi connectivity index (χ4n) is 1.60. The number of aromatic amines is 1. The highest BCUT2D eigenvalue weighted by atomic mass is 16.6. The summed E-state index contributed by atoms with van der Waals surface area (Å²) in [5.41, 5.74) is 1.91. The van der Waals surface area contributed by atoms with Crippen LogP contribution in [0.3, 0.4) is 0 Å². The molecule has 2 N–H and O–H groups in total. The molecule has 18 heavy (non-hydrogen) atoms. The molecule has 0 saturated carbocycles. The second kappa shape index (κ2) is 5.42. The van der Waals surface area contributed by atoms with E-state index in [-0.39, 0.29) is 5.69 Å². The molecular formula is C12H14N4O2. The van der Waals surface area contributed by atoms with Crippen molar-refractivity contribution in [2.24, 2.45) is 0 Å². The summed E-state index contributed by atoms with van der Waals surface area (Å²) in [4.78, 5) is 17.5. The van der Waals surface area contributed by atoms with Crippen molar-refractivity contribution in [2.75, 3.05) is 6.54 Å². The van der Waals surface area contributed by atoms with Crippen LogP contribution in [-0.2, 0) is 6.54 Å². The number of hydrogen-bond donors (Lipinski definition) is 2. The van der Waals surface area contributed by atoms with Crippen molar-refractivity contribution in [1.82, 2.24) is 15.3 Å². The molecule has 0 atom stereocenters. The molecule has 0 spiro atoms. The van der Waals surface area contributed by atoms with Gasteiger partial charge in [0.25, 0.3) is 5.69 Å². The lowest BCUT2D eigenvalue weighted by Crippen LogP contribution is -2.11. The molecule has 1 aromatic carbocycles. The van der Waals surface area contributed by atoms with Crippen LogP contribution in [-0.4, -0.2) is 21.4 Å². The molecule has 0 fully saturated rings. The van der Waals surface area contributed by atoms with Gasteiger partial charge < -0.3 is 10.3 Å². The van der Waals surface area contributed by atoms with Gasteiger partial charge in [0, 0.05) is 36.1 Å². The number of hydrogen-bond acceptors (Lipinski definition) is 4. The van der Waals surface area contributed by atoms with Crippen molar-refractivity contribution in [3.05, 3.63) is 46.3 Å². The first-order valence-electron chi connectivity index (χ1n) is 5.70. The Morgan fingerprint density at radius 2 is 2.11 bits per heavy atom. The number of nitro benzene ring substituents is 1. The van der Waals surface area contributed by atoms with Gasteiger partial charge in [0.1, 0.15) is 5.82 Å². The summed E-state index contributed by atoms with van der Waals surface area (Å²) in [5.74, 6) is 0.720. The molecule has 94 valence electrons. The maximum atomic E-state index is 10.5. The first kappa shape index (κ1) is 12.3. The van der Waals surface area contributed by atoms with E-state index in [0.29, 0.717) is 0 Å². The van der Waals surface area contributed by atoms with Gasteiger partial charge in [-0.2, -0.15) is 0 Å². The van der Waals surface area contributed by atoms with Crippen LogP contribution in [0.2, 0.25) is 0 Å². The van der Waals surface area contributed by atoms with Crippen LogP contribution in [0.1, 0.15) is 12.6 Å². The second-order valence-electron chi connectivity index (χ2n) is 3.84. The minimum absolute atomic E-state index is 0.0816. The SMILES string of the molecule is CCNCc1cnc(-c2ccc([N+](=O)[O-])cc2)[nH]1. The van der Waals surface area contributed by atoms with Crippen molar-refractivity contribution < 1.29 is 4.92 Å². The third-order valence-corrected chi connectivity index (χ3v) is 2.55. The number of imidazole rings is 1. The number of nitro groups is 1. The fraction of sp³-hybridized carbons (Fsp3) is 0.250. The van der Waals surface area contributed by atoms with Crippen LogP contribution in [0.4, 0.5) is 5.69 Å². The summed E-state index contributed by atoms with van der Waals surface area (Å²) in [7, 11) is 0. The predicted octanol–water partition coefficient (Wildman–Crippen LogP) is 2.09. The van der Waals surface area contributed by atoms with Gasteiger partial charge in [-0.1, -0.05) is 6.92 Å². The maximum Gasteiger partial charge on any atom is 0.269 e. The van der Waals surface area contributed by atoms with E-state index in [1.165, 1.54) is 12.1 Å². The number of non-ortho nitro benzene ring substituents is 1. The summed E-state index contributed by atoms with van der Waals surface area (Å²) in [6.07, 6.45) is 1.76. The van der Waals surface area contributed by atoms with Crippen LogP contribution in [0, 0.1) is 10.1 Å². The molecule has 0 aliphatic rings. The maximum absolute atomic E-state index is 10.5. The molecule has 0 aliphatic heterocycles. The average molecular weight is 246 g/mol. The van der Waals surface area contributed by atoms with Gasteiger partial charge in [-0.05, 0) is 18.7 Å². The largest absolute Gasteiger partial charge is 0.341 e. The zero-order valence-corrected chi connectivity index (χ0v) is 10.0. The Hall–Kier alpha value is -2.21. The van der Waals surface area contributed by atoms with E-state index >= 15 is 0 Å². The highest BCUT2D eigenvalue weighted by molar-refractivity contribution is 5.57. The lowest BCUT2D eigenvalue weighted by molar-refractivity contribution is -0.384. The quantitative estimate of drug-likeness (QED) is 0.625. The van der Waals surface area contributed by atoms with Crippen LogP contribution in [0.5, 0.6) is 0 Å². The average Bonchev–Trinajstić information content (AvgIpc) is 2.85. The van der Waals surface area contributed by atoms with Crippen LogP contribution in [0.15, 0.2) is 30.5 Å². The van der Waals surface area contributed by atoms with Gasteiger partial charge in [0.05, 0.1) is 4.92 Å². The van der Waals surface area contributed by atoms with E-state index in [0.717, 1.165) is 30.2 Å². The van der Waals surface area contributed by atoms with Gasteiger partial charge in [0.15, 0.2) is 0 Å². The standard InChI is InChI=1S/C12H14N4O2/c1-2-13-7-10-8-14-12(15-10)9-3-5-11(6-4-9)16(17)18/h3-6,8,13H,2,7H2,1H3,(H,14,15). The topological polar surface area (TPSA) is 83.8 Å². The molecule has 0 unspecified atom stereocenters. The number of aromatic nitrogens is 2. The Kier molecular flexibility index (Phi) is 3.69. The Bertz CT molecular complexity index is 533. The number of nitrogens with zero attached hydrogens (tertiary/aromatic N) is 2. The smallest absolute Gasteiger partial charge is 0.269 e. The van der Waals surface area contributed by atoms with Gasteiger partial charge in [-0.3, -0.25) is 10.1 Å². The summed E-state index contributed by atoms with van der Waals surface area (Å²) in [6, 6.07) is 6.33. The molecule has 0 radical (unpaired) electrons. The molecular weight excluding hydrogens is 232 g/mol. The van der Waals surface area contributed by atoms with E-state index in [9.17, 15) is 10.1 Å². The first-order chi connectivity index (χ1) is 8.70. The summed E-state index contributed by atoms with van der Waals surface area (Å²) in [6.45, 7) is 3.66. The minimum atomic E-state index is -0.414. The van der Waals surface area contributed by atoms with Gasteiger partial charge in [-0.15, -0.1) is 0 Å². The van der Waals surface area contributed by atoms with Crippen LogP contribution >= 0.6 is 0 Å². The highest BCUT2D eigenvalue weighted by Crippen LogP contribution is 2.19. The van der Waals surface area contributed by atoms with E-state index in [1.54, 1.807) is 18.3 Å². The Balaban J connectivity index is 2.15. The van der Waals surface area contributed by atoms with Gasteiger partial charge in [0.2, 0.25) is 0 Å². The van der Waals surface area contributed by atoms with Crippen molar-refractivity contribution in [2.45, 2.75) is 13.5 Å². The predicted molar refractivity (Wildman–Crippen MR) is 68.1 cm³/mol. The number of rotatable bonds is 5. The molecule has 6 nitrogen and oxygen atoms in total. The van der Waals surface area contributed by atoms with E-state index in [1.807, 2.05) is 6.92 Å². The molecule has 2 rings (SSSR count). The first-order valence-corrected chi connectivity index (χ1v) is 5.70. The summed E-state index contributed by atoms with van der Waals surface area (Å²) < 4.78 is 0. The third-order valence-electron chi connectivity index (χ3n) is 2.55. The third kappa shape index (κ3) is 2.72. The molecule has 2 aromatic rings. The van der Waals surface area contributed by atoms with Gasteiger partial charge in [-0.25, -0.2) is 4.98 Å². The Morgan fingerprint density at radius 3 is 2.72 bits per heavy atom. The summed E-state index contributed by atoms with van der Waals surface area (Å²) in [5, 5.41) is 13.7. The molecule has 1 heterocycles. The molecule has 0 amide bonds. The van der Waals surface area contributed by atoms with Crippen LogP contribution in [0.25, 0.3) is 11.4 Å². The minimum Gasteiger partial charge on any atom is -0.341 e. The van der Waals surface area contributed by atoms with Gasteiger partial charge >= 0.3 is 0 Å². The molecule has 6 heteroatoms. The zero-order valence-electron chi connectivity index (χ0n) is 10.0. The second-order valence-corrected chi connectivity index (χ2v) is 3.84. The molecule has 0 saturated heterocycles. The van der Waals surface area contributed by atoms with E-state index in [4.69, 9.17) is 0 Å². The molecule has 1 aromatic heterocycles. The highest BCUT2D eigenvalue weighted by Gasteiger charge is 2.07. The monoisotopic (exact) mass is 246 g/mol. The zero-order chi connectivity index (χ0) is 13.0. The Morgan fingerprint density at radius 1 is 1.39 bits per heavy atom. The molecule has 0 bridgehead atoms. The van der Waals surface area contributed by atoms with Crippen molar-refractivity contribution in [3.8, 4) is 11.4 Å². The van der Waals surface area contributed by atoms with E-state index in [2.05, 4.69) is 15.3 Å². The summed E-state index contributed by atoms with van der Waals surface area (Å²) >= 11 is 0. The van der Waals surface area contributed by atoms with Crippen LogP contribution < -0.4 is 5.32 Å². The number of nitrogens with one attached hydrogen (secondary N) is 2. The Labute approximate surface area is 104 Å². The van der Waals surface area contributed by atoms with Crippen molar-refractivity contribution >= 4 is 5.69 Å². The van der Waals surface area contributed by atoms with Crippen molar-refractivity contribution in [1.29, 1.82) is 0 Å². The van der Waals surface area contributed by atoms with Crippen molar-refractivity contribution in [3.63, 3.8) is 0 Å². The molecule has 0 aliphatic carbocycles. The lowest BCUT2D eigenvalue weighted by Gasteiger charge is -1.98. The number of benzene rings is 1. The number of H-pyrrole nitrogens is 1. The van der Waals surface area contributed by atoms with E-state index < -0.39 is 4.92 Å². The fourth-order valence-corrected chi connectivity index (χ4v) is 1.60. The lowest BCUT2D eigenvalue weighted by atomic mass is 10.2. The normalized spacial score (nSPS) is 10.5.